The number of hydrogen-bond donors (Lipinski definition) is 1. The summed E-state index contributed by atoms with van der Waals surface area (Å²) in [6, 6.07) is 3.60. The number of unbranched alkanes of at least 4 members (excludes halogenated alkanes) is 1. The smallest absolute Gasteiger partial charge is 0.196 e. The number of anilines is 3. The zero-order valence-electron chi connectivity index (χ0n) is 12.4. The number of nitrogens with zero attached hydrogens (tertiary/aromatic N) is 3. The average molecular weight is 310 g/mol. The first-order valence-corrected chi connectivity index (χ1v) is 6.96. The van der Waals surface area contributed by atoms with E-state index in [1.54, 1.807) is 6.07 Å². The van der Waals surface area contributed by atoms with Crippen molar-refractivity contribution in [2.24, 2.45) is 0 Å². The van der Waals surface area contributed by atoms with Crippen molar-refractivity contribution in [1.82, 2.24) is 9.97 Å². The molecule has 2 rings (SSSR count). The number of nitrogens with one attached hydrogen (secondary N) is 1. The molecule has 7 heteroatoms. The van der Waals surface area contributed by atoms with E-state index in [1.807, 2.05) is 11.9 Å². The van der Waals surface area contributed by atoms with Gasteiger partial charge in [0.25, 0.3) is 0 Å². The molecule has 0 atom stereocenters. The number of halogens is 3. The molecule has 22 heavy (non-hydrogen) atoms. The molecule has 2 aromatic rings. The van der Waals surface area contributed by atoms with Gasteiger partial charge >= 0.3 is 0 Å². The van der Waals surface area contributed by atoms with Crippen LogP contribution in [-0.2, 0) is 0 Å². The first kappa shape index (κ1) is 16.1. The van der Waals surface area contributed by atoms with Gasteiger partial charge in [0.1, 0.15) is 18.0 Å². The molecule has 118 valence electrons. The third-order valence-electron chi connectivity index (χ3n) is 3.19. The van der Waals surface area contributed by atoms with Gasteiger partial charge in [-0.05, 0) is 18.6 Å². The van der Waals surface area contributed by atoms with Crippen molar-refractivity contribution in [3.63, 3.8) is 0 Å². The molecule has 1 N–H and O–H groups in total. The van der Waals surface area contributed by atoms with Gasteiger partial charge in [-0.25, -0.2) is 23.1 Å². The number of hydrogen-bond acceptors (Lipinski definition) is 4. The molecule has 0 amide bonds. The Morgan fingerprint density at radius 3 is 2.64 bits per heavy atom. The fourth-order valence-corrected chi connectivity index (χ4v) is 1.89. The molecule has 0 saturated heterocycles. The molecule has 1 aromatic carbocycles. The second-order valence-electron chi connectivity index (χ2n) is 4.88. The third kappa shape index (κ3) is 3.66. The highest BCUT2D eigenvalue weighted by Gasteiger charge is 2.14. The van der Waals surface area contributed by atoms with E-state index in [2.05, 4.69) is 22.2 Å². The lowest BCUT2D eigenvalue weighted by molar-refractivity contribution is 0.449. The summed E-state index contributed by atoms with van der Waals surface area (Å²) in [6.07, 6.45) is 3.40. The number of aromatic nitrogens is 2. The predicted molar refractivity (Wildman–Crippen MR) is 79.8 cm³/mol. The van der Waals surface area contributed by atoms with Crippen LogP contribution < -0.4 is 10.2 Å². The van der Waals surface area contributed by atoms with Crippen LogP contribution in [0.1, 0.15) is 19.8 Å². The topological polar surface area (TPSA) is 41.0 Å². The summed E-state index contributed by atoms with van der Waals surface area (Å²) in [5.41, 5.74) is -0.181. The van der Waals surface area contributed by atoms with Gasteiger partial charge < -0.3 is 10.2 Å². The molecule has 1 aromatic heterocycles. The van der Waals surface area contributed by atoms with Gasteiger partial charge in [0, 0.05) is 19.7 Å². The Balaban J connectivity index is 2.19. The van der Waals surface area contributed by atoms with Crippen LogP contribution >= 0.6 is 0 Å². The van der Waals surface area contributed by atoms with E-state index >= 15 is 0 Å². The molecule has 0 radical (unpaired) electrons. The van der Waals surface area contributed by atoms with Gasteiger partial charge in [-0.15, -0.1) is 0 Å². The largest absolute Gasteiger partial charge is 0.360 e. The van der Waals surface area contributed by atoms with Crippen LogP contribution in [0.3, 0.4) is 0 Å². The van der Waals surface area contributed by atoms with Crippen molar-refractivity contribution in [1.29, 1.82) is 0 Å². The van der Waals surface area contributed by atoms with Gasteiger partial charge in [-0.3, -0.25) is 0 Å². The van der Waals surface area contributed by atoms with Gasteiger partial charge in [0.2, 0.25) is 0 Å². The molecular weight excluding hydrogens is 293 g/mol. The summed E-state index contributed by atoms with van der Waals surface area (Å²) in [6.45, 7) is 2.92. The third-order valence-corrected chi connectivity index (χ3v) is 3.19. The summed E-state index contributed by atoms with van der Waals surface area (Å²) in [5, 5.41) is 2.63. The fraction of sp³-hybridized carbons (Fsp3) is 0.333. The highest BCUT2D eigenvalue weighted by molar-refractivity contribution is 5.59. The first-order valence-electron chi connectivity index (χ1n) is 6.96. The van der Waals surface area contributed by atoms with Crippen molar-refractivity contribution in [2.75, 3.05) is 23.8 Å². The molecule has 0 fully saturated rings. The predicted octanol–water partition coefficient (Wildman–Crippen LogP) is 3.87. The molecule has 0 aliphatic carbocycles. The van der Waals surface area contributed by atoms with Gasteiger partial charge in [-0.1, -0.05) is 13.3 Å². The molecule has 4 nitrogen and oxygen atoms in total. The molecule has 0 unspecified atom stereocenters. The maximum absolute atomic E-state index is 13.6. The lowest BCUT2D eigenvalue weighted by Gasteiger charge is -2.18. The lowest BCUT2D eigenvalue weighted by atomic mass is 10.2. The maximum atomic E-state index is 13.6. The minimum Gasteiger partial charge on any atom is -0.360 e. The van der Waals surface area contributed by atoms with Crippen molar-refractivity contribution >= 4 is 17.3 Å². The summed E-state index contributed by atoms with van der Waals surface area (Å²) in [4.78, 5) is 10.0. The van der Waals surface area contributed by atoms with Crippen molar-refractivity contribution in [3.05, 3.63) is 42.0 Å². The van der Waals surface area contributed by atoms with Crippen molar-refractivity contribution in [3.8, 4) is 0 Å². The number of rotatable bonds is 6. The summed E-state index contributed by atoms with van der Waals surface area (Å²) < 4.78 is 39.8. The average Bonchev–Trinajstić information content (AvgIpc) is 2.53. The molecule has 0 aliphatic rings. The second kappa shape index (κ2) is 7.11. The Bertz CT molecular complexity index is 649. The van der Waals surface area contributed by atoms with E-state index in [0.717, 1.165) is 31.5 Å². The van der Waals surface area contributed by atoms with Crippen molar-refractivity contribution in [2.45, 2.75) is 19.8 Å². The minimum absolute atomic E-state index is 0.181. The Labute approximate surface area is 127 Å². The monoisotopic (exact) mass is 310 g/mol. The Kier molecular flexibility index (Phi) is 5.19. The fourth-order valence-electron chi connectivity index (χ4n) is 1.89. The Morgan fingerprint density at radius 2 is 1.91 bits per heavy atom. The zero-order valence-corrected chi connectivity index (χ0v) is 12.4. The lowest BCUT2D eigenvalue weighted by Crippen LogP contribution is -2.19. The normalized spacial score (nSPS) is 10.6. The van der Waals surface area contributed by atoms with Crippen LogP contribution in [0.15, 0.2) is 24.5 Å². The van der Waals surface area contributed by atoms with E-state index in [1.165, 1.54) is 6.33 Å². The highest BCUT2D eigenvalue weighted by Crippen LogP contribution is 2.23. The molecule has 0 bridgehead atoms. The summed E-state index contributed by atoms with van der Waals surface area (Å²) >= 11 is 0. The first-order chi connectivity index (χ1) is 10.5. The van der Waals surface area contributed by atoms with Crippen LogP contribution in [0.2, 0.25) is 0 Å². The Hall–Kier alpha value is -2.31. The zero-order chi connectivity index (χ0) is 16.1. The molecular formula is C15H17F3N4. The second-order valence-corrected chi connectivity index (χ2v) is 4.88. The standard InChI is InChI=1S/C15H17F3N4/c1-3-4-7-22(2)13-8-12(19-9-20-13)21-11-6-5-10(16)14(17)15(11)18/h5-6,8-9H,3-4,7H2,1-2H3,(H,19,20,21). The number of benzene rings is 1. The minimum atomic E-state index is -1.51. The van der Waals surface area contributed by atoms with Gasteiger partial charge in [0.05, 0.1) is 5.69 Å². The van der Waals surface area contributed by atoms with Gasteiger partial charge in [0.15, 0.2) is 17.5 Å². The maximum Gasteiger partial charge on any atom is 0.196 e. The quantitative estimate of drug-likeness (QED) is 0.822. The highest BCUT2D eigenvalue weighted by atomic mass is 19.2. The van der Waals surface area contributed by atoms with Gasteiger partial charge in [-0.2, -0.15) is 0 Å². The molecule has 0 aliphatic heterocycles. The van der Waals surface area contributed by atoms with E-state index in [9.17, 15) is 13.2 Å². The van der Waals surface area contributed by atoms with E-state index in [4.69, 9.17) is 0 Å². The van der Waals surface area contributed by atoms with E-state index in [0.29, 0.717) is 11.6 Å². The molecule has 1 heterocycles. The van der Waals surface area contributed by atoms with E-state index in [-0.39, 0.29) is 5.69 Å². The Morgan fingerprint density at radius 1 is 1.14 bits per heavy atom. The molecule has 0 saturated carbocycles. The van der Waals surface area contributed by atoms with Crippen LogP contribution in [-0.4, -0.2) is 23.6 Å². The van der Waals surface area contributed by atoms with Crippen LogP contribution in [0.25, 0.3) is 0 Å². The van der Waals surface area contributed by atoms with Crippen molar-refractivity contribution < 1.29 is 13.2 Å². The summed E-state index contributed by atoms with van der Waals surface area (Å²) in [5.74, 6) is -3.06. The SMILES string of the molecule is CCCCN(C)c1cc(Nc2ccc(F)c(F)c2F)ncn1. The van der Waals surface area contributed by atoms with Crippen LogP contribution in [0, 0.1) is 17.5 Å². The van der Waals surface area contributed by atoms with Crippen LogP contribution in [0.4, 0.5) is 30.5 Å². The molecule has 0 spiro atoms. The van der Waals surface area contributed by atoms with Crippen LogP contribution in [0.5, 0.6) is 0 Å². The van der Waals surface area contributed by atoms with E-state index < -0.39 is 17.5 Å². The summed E-state index contributed by atoms with van der Waals surface area (Å²) in [7, 11) is 1.89.